The van der Waals surface area contributed by atoms with Crippen LogP contribution in [0.1, 0.15) is 33.1 Å². The van der Waals surface area contributed by atoms with Crippen molar-refractivity contribution < 1.29 is 9.90 Å². The van der Waals surface area contributed by atoms with Crippen molar-refractivity contribution in [3.05, 3.63) is 24.3 Å². The Bertz CT molecular complexity index is 506. The van der Waals surface area contributed by atoms with E-state index >= 15 is 0 Å². The molecule has 0 aromatic heterocycles. The fraction of sp³-hybridized carbons (Fsp3) is 0.562. The summed E-state index contributed by atoms with van der Waals surface area (Å²) >= 11 is 0. The number of carbonyl (C=O) groups is 1. The van der Waals surface area contributed by atoms with Gasteiger partial charge in [0.2, 0.25) is 5.91 Å². The molecule has 2 aliphatic carbocycles. The summed E-state index contributed by atoms with van der Waals surface area (Å²) < 4.78 is 0. The van der Waals surface area contributed by atoms with Crippen LogP contribution in [-0.4, -0.2) is 23.2 Å². The predicted octanol–water partition coefficient (Wildman–Crippen LogP) is 2.61. The summed E-state index contributed by atoms with van der Waals surface area (Å²) in [6.07, 6.45) is 2.60. The summed E-state index contributed by atoms with van der Waals surface area (Å²) in [5.41, 5.74) is 1.79. The maximum Gasteiger partial charge on any atom is 0.227 e. The highest BCUT2D eigenvalue weighted by atomic mass is 16.3. The number of amides is 1. The summed E-state index contributed by atoms with van der Waals surface area (Å²) in [6, 6.07) is 8.09. The van der Waals surface area contributed by atoms with Gasteiger partial charge in [0.1, 0.15) is 0 Å². The number of hydrogen-bond donors (Lipinski definition) is 3. The van der Waals surface area contributed by atoms with E-state index in [1.54, 1.807) is 0 Å². The van der Waals surface area contributed by atoms with Gasteiger partial charge in [-0.3, -0.25) is 4.79 Å². The molecule has 0 heterocycles. The van der Waals surface area contributed by atoms with Crippen LogP contribution < -0.4 is 10.6 Å². The number of aliphatic hydroxyl groups is 1. The third-order valence-electron chi connectivity index (χ3n) is 4.66. The van der Waals surface area contributed by atoms with Gasteiger partial charge in [-0.15, -0.1) is 0 Å². The van der Waals surface area contributed by atoms with E-state index in [1.807, 2.05) is 24.3 Å². The van der Waals surface area contributed by atoms with Gasteiger partial charge in [-0.25, -0.2) is 0 Å². The van der Waals surface area contributed by atoms with Crippen molar-refractivity contribution in [2.45, 2.75) is 45.3 Å². The Morgan fingerprint density at radius 1 is 1.20 bits per heavy atom. The van der Waals surface area contributed by atoms with E-state index in [4.69, 9.17) is 0 Å². The summed E-state index contributed by atoms with van der Waals surface area (Å²) in [5.74, 6) is 0.360. The molecule has 108 valence electrons. The Kier molecular flexibility index (Phi) is 3.21. The molecule has 2 unspecified atom stereocenters. The molecular formula is C16H22N2O2. The van der Waals surface area contributed by atoms with Crippen molar-refractivity contribution in [1.29, 1.82) is 0 Å². The molecule has 4 heteroatoms. The number of carbonyl (C=O) groups excluding carboxylic acids is 1. The largest absolute Gasteiger partial charge is 0.392 e. The topological polar surface area (TPSA) is 61.4 Å². The molecule has 0 spiro atoms. The molecule has 2 saturated carbocycles. The van der Waals surface area contributed by atoms with E-state index in [0.717, 1.165) is 30.6 Å². The van der Waals surface area contributed by atoms with Crippen LogP contribution >= 0.6 is 0 Å². The molecule has 0 radical (unpaired) electrons. The third kappa shape index (κ3) is 2.52. The number of rotatable bonds is 4. The fourth-order valence-electron chi connectivity index (χ4n) is 2.59. The van der Waals surface area contributed by atoms with Crippen LogP contribution in [0.3, 0.4) is 0 Å². The summed E-state index contributed by atoms with van der Waals surface area (Å²) in [7, 11) is 0. The molecule has 20 heavy (non-hydrogen) atoms. The SMILES string of the molecule is CC1(C)C(O)CC1Nc1ccc(NC(=O)C2CC2)cc1. The number of aliphatic hydroxyl groups excluding tert-OH is 1. The summed E-state index contributed by atoms with van der Waals surface area (Å²) in [4.78, 5) is 11.7. The average Bonchev–Trinajstić information content (AvgIpc) is 3.25. The van der Waals surface area contributed by atoms with Gasteiger partial charge in [-0.05, 0) is 43.5 Å². The van der Waals surface area contributed by atoms with Crippen LogP contribution in [0.25, 0.3) is 0 Å². The lowest BCUT2D eigenvalue weighted by molar-refractivity contribution is -0.117. The minimum Gasteiger partial charge on any atom is -0.392 e. The minimum absolute atomic E-state index is 0.0845. The van der Waals surface area contributed by atoms with Gasteiger partial charge in [0.05, 0.1) is 6.10 Å². The van der Waals surface area contributed by atoms with Crippen LogP contribution in [-0.2, 0) is 4.79 Å². The maximum atomic E-state index is 11.7. The zero-order valence-electron chi connectivity index (χ0n) is 12.0. The zero-order chi connectivity index (χ0) is 14.3. The smallest absolute Gasteiger partial charge is 0.227 e. The van der Waals surface area contributed by atoms with Gasteiger partial charge in [-0.1, -0.05) is 13.8 Å². The Hall–Kier alpha value is -1.55. The molecule has 0 saturated heterocycles. The highest BCUT2D eigenvalue weighted by Gasteiger charge is 2.47. The van der Waals surface area contributed by atoms with Crippen LogP contribution in [0, 0.1) is 11.3 Å². The van der Waals surface area contributed by atoms with Crippen molar-refractivity contribution in [3.8, 4) is 0 Å². The van der Waals surface area contributed by atoms with Crippen molar-refractivity contribution in [2.75, 3.05) is 10.6 Å². The number of anilines is 2. The Balaban J connectivity index is 1.57. The van der Waals surface area contributed by atoms with E-state index in [-0.39, 0.29) is 23.3 Å². The van der Waals surface area contributed by atoms with Crippen molar-refractivity contribution >= 4 is 17.3 Å². The van der Waals surface area contributed by atoms with Crippen LogP contribution in [0.5, 0.6) is 0 Å². The second-order valence-corrected chi connectivity index (χ2v) is 6.61. The first-order valence-corrected chi connectivity index (χ1v) is 7.32. The van der Waals surface area contributed by atoms with Gasteiger partial charge in [0.25, 0.3) is 0 Å². The van der Waals surface area contributed by atoms with Crippen molar-refractivity contribution in [2.24, 2.45) is 11.3 Å². The molecule has 1 aromatic rings. The molecule has 4 nitrogen and oxygen atoms in total. The normalized spacial score (nSPS) is 27.6. The second-order valence-electron chi connectivity index (χ2n) is 6.61. The van der Waals surface area contributed by atoms with E-state index in [1.165, 1.54) is 0 Å². The van der Waals surface area contributed by atoms with Gasteiger partial charge in [-0.2, -0.15) is 0 Å². The van der Waals surface area contributed by atoms with Crippen molar-refractivity contribution in [3.63, 3.8) is 0 Å². The highest BCUT2D eigenvalue weighted by Crippen LogP contribution is 2.42. The predicted molar refractivity (Wildman–Crippen MR) is 79.6 cm³/mol. The lowest BCUT2D eigenvalue weighted by Gasteiger charge is -2.49. The molecule has 2 fully saturated rings. The minimum atomic E-state index is -0.225. The number of hydrogen-bond acceptors (Lipinski definition) is 3. The summed E-state index contributed by atoms with van der Waals surface area (Å²) in [6.45, 7) is 4.14. The Morgan fingerprint density at radius 2 is 1.80 bits per heavy atom. The first-order valence-electron chi connectivity index (χ1n) is 7.32. The van der Waals surface area contributed by atoms with Gasteiger partial charge < -0.3 is 15.7 Å². The molecule has 1 aromatic carbocycles. The average molecular weight is 274 g/mol. The lowest BCUT2D eigenvalue weighted by atomic mass is 9.64. The lowest BCUT2D eigenvalue weighted by Crippen LogP contribution is -2.56. The molecule has 2 aliphatic rings. The number of benzene rings is 1. The molecule has 0 aliphatic heterocycles. The van der Waals surface area contributed by atoms with Gasteiger partial charge in [0.15, 0.2) is 0 Å². The first kappa shape index (κ1) is 13.4. The molecule has 0 bridgehead atoms. The number of nitrogens with one attached hydrogen (secondary N) is 2. The highest BCUT2D eigenvalue weighted by molar-refractivity contribution is 5.94. The Morgan fingerprint density at radius 3 is 2.30 bits per heavy atom. The first-order chi connectivity index (χ1) is 9.46. The second kappa shape index (κ2) is 4.77. The zero-order valence-corrected chi connectivity index (χ0v) is 12.0. The van der Waals surface area contributed by atoms with E-state index < -0.39 is 0 Å². The van der Waals surface area contributed by atoms with E-state index in [2.05, 4.69) is 24.5 Å². The van der Waals surface area contributed by atoms with E-state index in [9.17, 15) is 9.90 Å². The molecule has 1 amide bonds. The summed E-state index contributed by atoms with van der Waals surface area (Å²) in [5, 5.41) is 16.1. The monoisotopic (exact) mass is 274 g/mol. The third-order valence-corrected chi connectivity index (χ3v) is 4.66. The standard InChI is InChI=1S/C16H22N2O2/c1-16(2)13(9-14(16)19)17-11-5-7-12(8-6-11)18-15(20)10-3-4-10/h5-8,10,13-14,17,19H,3-4,9H2,1-2H3,(H,18,20). The van der Waals surface area contributed by atoms with Gasteiger partial charge >= 0.3 is 0 Å². The van der Waals surface area contributed by atoms with Gasteiger partial charge in [0, 0.05) is 28.7 Å². The van der Waals surface area contributed by atoms with Crippen molar-refractivity contribution in [1.82, 2.24) is 0 Å². The Labute approximate surface area is 119 Å². The maximum absolute atomic E-state index is 11.7. The van der Waals surface area contributed by atoms with Crippen LogP contribution in [0.4, 0.5) is 11.4 Å². The van der Waals surface area contributed by atoms with Crippen LogP contribution in [0.15, 0.2) is 24.3 Å². The molecule has 3 rings (SSSR count). The molecule has 2 atom stereocenters. The molecule has 3 N–H and O–H groups in total. The molecular weight excluding hydrogens is 252 g/mol. The van der Waals surface area contributed by atoms with Crippen LogP contribution in [0.2, 0.25) is 0 Å². The van der Waals surface area contributed by atoms with E-state index in [0.29, 0.717) is 6.04 Å². The quantitative estimate of drug-likeness (QED) is 0.791. The fourth-order valence-corrected chi connectivity index (χ4v) is 2.59.